The molecule has 2 rings (SSSR count). The van der Waals surface area contributed by atoms with Gasteiger partial charge in [0.25, 0.3) is 5.91 Å². The molecule has 1 heterocycles. The molecule has 0 saturated heterocycles. The fourth-order valence-electron chi connectivity index (χ4n) is 1.95. The summed E-state index contributed by atoms with van der Waals surface area (Å²) in [6.07, 6.45) is 4.42. The molecule has 6 heteroatoms. The van der Waals surface area contributed by atoms with Gasteiger partial charge in [0.05, 0.1) is 24.8 Å². The van der Waals surface area contributed by atoms with Crippen LogP contribution >= 0.6 is 0 Å². The Morgan fingerprint density at radius 1 is 1.50 bits per heavy atom. The Balaban J connectivity index is 2.24. The smallest absolute Gasteiger partial charge is 0.264 e. The number of aryl methyl sites for hydroxylation is 2. The highest BCUT2D eigenvalue weighted by molar-refractivity contribution is 5.76. The summed E-state index contributed by atoms with van der Waals surface area (Å²) < 4.78 is 7.28. The number of amides is 1. The molecule has 1 aromatic carbocycles. The van der Waals surface area contributed by atoms with Crippen LogP contribution in [0.3, 0.4) is 0 Å². The fraction of sp³-hybridized carbons (Fsp3) is 0.286. The summed E-state index contributed by atoms with van der Waals surface area (Å²) in [5.41, 5.74) is 9.44. The fourth-order valence-corrected chi connectivity index (χ4v) is 1.95. The van der Waals surface area contributed by atoms with Crippen molar-refractivity contribution in [1.29, 1.82) is 5.53 Å². The van der Waals surface area contributed by atoms with Gasteiger partial charge < -0.3 is 9.30 Å². The first-order chi connectivity index (χ1) is 9.63. The van der Waals surface area contributed by atoms with Gasteiger partial charge in [0, 0.05) is 12.6 Å². The minimum Gasteiger partial charge on any atom is -0.495 e. The third-order valence-electron chi connectivity index (χ3n) is 2.99. The second-order valence-electron chi connectivity index (χ2n) is 4.43. The molecule has 0 unspecified atom stereocenters. The molecule has 1 amide bonds. The van der Waals surface area contributed by atoms with E-state index in [9.17, 15) is 4.79 Å². The molecular weight excluding hydrogens is 256 g/mol. The van der Waals surface area contributed by atoms with Gasteiger partial charge in [-0.3, -0.25) is 4.79 Å². The van der Waals surface area contributed by atoms with Crippen LogP contribution in [-0.2, 0) is 11.2 Å². The third kappa shape index (κ3) is 3.09. The minimum absolute atomic E-state index is 0.232. The highest BCUT2D eigenvalue weighted by atomic mass is 16.5. The standard InChI is InChI=1S/C14H16N4O2/c1-10-8-18(9-16-10)12-5-3-11(7-13(12)20-2)4-6-14(19)17-15/h3,5,7-9,15H,4,6H2,1-2H3. The summed E-state index contributed by atoms with van der Waals surface area (Å²) in [6.45, 7) is 1.92. The van der Waals surface area contributed by atoms with Crippen molar-refractivity contribution >= 4 is 5.91 Å². The van der Waals surface area contributed by atoms with Crippen LogP contribution in [0.5, 0.6) is 5.75 Å². The van der Waals surface area contributed by atoms with Crippen molar-refractivity contribution in [3.63, 3.8) is 0 Å². The Hall–Kier alpha value is -2.50. The summed E-state index contributed by atoms with van der Waals surface area (Å²) in [4.78, 5) is 15.2. The van der Waals surface area contributed by atoms with E-state index in [2.05, 4.69) is 10.1 Å². The number of nitrogens with zero attached hydrogens (tertiary/aromatic N) is 3. The normalized spacial score (nSPS) is 10.3. The molecule has 0 aliphatic rings. The van der Waals surface area contributed by atoms with Gasteiger partial charge in [-0.05, 0) is 31.0 Å². The molecule has 0 spiro atoms. The largest absolute Gasteiger partial charge is 0.495 e. The number of ether oxygens (including phenoxy) is 1. The number of imidazole rings is 1. The quantitative estimate of drug-likeness (QED) is 0.850. The Kier molecular flexibility index (Phi) is 4.24. The molecule has 6 nitrogen and oxygen atoms in total. The van der Waals surface area contributed by atoms with Crippen LogP contribution in [0.2, 0.25) is 0 Å². The van der Waals surface area contributed by atoms with Gasteiger partial charge in [0.15, 0.2) is 0 Å². The van der Waals surface area contributed by atoms with E-state index in [4.69, 9.17) is 10.3 Å². The molecular formula is C14H16N4O2. The number of benzene rings is 1. The zero-order valence-corrected chi connectivity index (χ0v) is 11.5. The molecule has 0 aliphatic heterocycles. The number of carbonyl (C=O) groups is 1. The van der Waals surface area contributed by atoms with Crippen molar-refractivity contribution in [2.45, 2.75) is 19.8 Å². The van der Waals surface area contributed by atoms with E-state index in [0.29, 0.717) is 6.42 Å². The van der Waals surface area contributed by atoms with Crippen LogP contribution in [0.25, 0.3) is 5.69 Å². The van der Waals surface area contributed by atoms with Crippen LogP contribution in [0, 0.1) is 12.5 Å². The maximum absolute atomic E-state index is 11.0. The van der Waals surface area contributed by atoms with Crippen LogP contribution in [0.4, 0.5) is 0 Å². The van der Waals surface area contributed by atoms with Crippen LogP contribution in [-0.4, -0.2) is 22.6 Å². The molecule has 0 atom stereocenters. The van der Waals surface area contributed by atoms with Crippen LogP contribution in [0.1, 0.15) is 17.7 Å². The van der Waals surface area contributed by atoms with E-state index in [1.54, 1.807) is 13.4 Å². The summed E-state index contributed by atoms with van der Waals surface area (Å²) >= 11 is 0. The van der Waals surface area contributed by atoms with E-state index in [1.807, 2.05) is 35.9 Å². The monoisotopic (exact) mass is 272 g/mol. The molecule has 0 saturated carbocycles. The van der Waals surface area contributed by atoms with E-state index >= 15 is 0 Å². The predicted octanol–water partition coefficient (Wildman–Crippen LogP) is 2.68. The van der Waals surface area contributed by atoms with Crippen LogP contribution in [0.15, 0.2) is 35.8 Å². The van der Waals surface area contributed by atoms with Crippen molar-refractivity contribution < 1.29 is 9.53 Å². The zero-order valence-electron chi connectivity index (χ0n) is 11.5. The highest BCUT2D eigenvalue weighted by Gasteiger charge is 2.08. The van der Waals surface area contributed by atoms with Gasteiger partial charge in [0.1, 0.15) is 5.75 Å². The van der Waals surface area contributed by atoms with E-state index < -0.39 is 5.91 Å². The van der Waals surface area contributed by atoms with E-state index in [1.165, 1.54) is 0 Å². The Morgan fingerprint density at radius 3 is 2.90 bits per heavy atom. The van der Waals surface area contributed by atoms with Crippen molar-refractivity contribution in [1.82, 2.24) is 9.55 Å². The zero-order chi connectivity index (χ0) is 14.5. The third-order valence-corrected chi connectivity index (χ3v) is 2.99. The molecule has 0 fully saturated rings. The first-order valence-corrected chi connectivity index (χ1v) is 6.22. The Bertz CT molecular complexity index is 634. The van der Waals surface area contributed by atoms with Gasteiger partial charge >= 0.3 is 0 Å². The van der Waals surface area contributed by atoms with Crippen molar-refractivity contribution in [3.05, 3.63) is 42.0 Å². The molecule has 0 radical (unpaired) electrons. The van der Waals surface area contributed by atoms with Gasteiger partial charge in [-0.25, -0.2) is 10.5 Å². The molecule has 104 valence electrons. The summed E-state index contributed by atoms with van der Waals surface area (Å²) in [6, 6.07) is 5.75. The van der Waals surface area contributed by atoms with Crippen molar-refractivity contribution in [3.8, 4) is 11.4 Å². The average molecular weight is 272 g/mol. The molecule has 0 aliphatic carbocycles. The molecule has 0 bridgehead atoms. The number of aromatic nitrogens is 2. The van der Waals surface area contributed by atoms with E-state index in [-0.39, 0.29) is 6.42 Å². The number of nitrogens with one attached hydrogen (secondary N) is 1. The first kappa shape index (κ1) is 13.9. The molecule has 1 N–H and O–H groups in total. The number of methoxy groups -OCH3 is 1. The number of rotatable bonds is 5. The van der Waals surface area contributed by atoms with Crippen LogP contribution < -0.4 is 4.74 Å². The summed E-state index contributed by atoms with van der Waals surface area (Å²) in [5, 5.41) is 2.88. The average Bonchev–Trinajstić information content (AvgIpc) is 2.90. The maximum atomic E-state index is 11.0. The second-order valence-corrected chi connectivity index (χ2v) is 4.43. The second kappa shape index (κ2) is 6.10. The Labute approximate surface area is 116 Å². The lowest BCUT2D eigenvalue weighted by Gasteiger charge is -2.11. The predicted molar refractivity (Wildman–Crippen MR) is 73.3 cm³/mol. The molecule has 20 heavy (non-hydrogen) atoms. The highest BCUT2D eigenvalue weighted by Crippen LogP contribution is 2.25. The lowest BCUT2D eigenvalue weighted by Crippen LogP contribution is -1.99. The lowest BCUT2D eigenvalue weighted by molar-refractivity contribution is -0.118. The SMILES string of the molecule is COc1cc(CCC(=O)N=N)ccc1-n1cnc(C)c1. The Morgan fingerprint density at radius 2 is 2.30 bits per heavy atom. The van der Waals surface area contributed by atoms with Gasteiger partial charge in [0.2, 0.25) is 0 Å². The first-order valence-electron chi connectivity index (χ1n) is 6.22. The molecule has 1 aromatic heterocycles. The lowest BCUT2D eigenvalue weighted by atomic mass is 10.1. The summed E-state index contributed by atoms with van der Waals surface area (Å²) in [7, 11) is 1.61. The van der Waals surface area contributed by atoms with Crippen molar-refractivity contribution in [2.24, 2.45) is 5.11 Å². The van der Waals surface area contributed by atoms with Crippen molar-refractivity contribution in [2.75, 3.05) is 7.11 Å². The van der Waals surface area contributed by atoms with Gasteiger partial charge in [-0.1, -0.05) is 6.07 Å². The van der Waals surface area contributed by atoms with Gasteiger partial charge in [-0.15, -0.1) is 5.11 Å². The number of hydrogen-bond donors (Lipinski definition) is 1. The summed E-state index contributed by atoms with van der Waals surface area (Å²) in [5.74, 6) is 0.299. The molecule has 2 aromatic rings. The number of carbonyl (C=O) groups excluding carboxylic acids is 1. The van der Waals surface area contributed by atoms with E-state index in [0.717, 1.165) is 22.7 Å². The topological polar surface area (TPSA) is 80.3 Å². The minimum atomic E-state index is -0.418. The maximum Gasteiger partial charge on any atom is 0.264 e. The number of hydrogen-bond acceptors (Lipinski definition) is 4. The van der Waals surface area contributed by atoms with Gasteiger partial charge in [-0.2, -0.15) is 0 Å².